The fraction of sp³-hybridized carbons (Fsp3) is 0.0526. The van der Waals surface area contributed by atoms with E-state index in [9.17, 15) is 4.79 Å². The largest absolute Gasteiger partial charge is 0.270 e. The highest BCUT2D eigenvalue weighted by Gasteiger charge is 2.14. The van der Waals surface area contributed by atoms with Crippen molar-refractivity contribution in [2.24, 2.45) is 0 Å². The van der Waals surface area contributed by atoms with Crippen molar-refractivity contribution in [2.45, 2.75) is 6.92 Å². The summed E-state index contributed by atoms with van der Waals surface area (Å²) in [6, 6.07) is 17.5. The standard InChI is InChI=1S/C19H15N5O/c1-13-5-4-6-14(9-13)18-10-16(15-7-2-3-8-17(15)22-18)19(25)23-24-11-20-21-12-24/h2-12H,1H3,(H,23,25). The number of pyridine rings is 1. The zero-order valence-electron chi connectivity index (χ0n) is 13.5. The Kier molecular flexibility index (Phi) is 3.70. The molecule has 0 saturated carbocycles. The summed E-state index contributed by atoms with van der Waals surface area (Å²) in [6.07, 6.45) is 2.87. The Balaban J connectivity index is 1.85. The number of aromatic nitrogens is 4. The molecule has 2 aromatic heterocycles. The van der Waals surface area contributed by atoms with E-state index in [0.29, 0.717) is 5.56 Å². The quantitative estimate of drug-likeness (QED) is 0.626. The van der Waals surface area contributed by atoms with Crippen molar-refractivity contribution in [3.05, 3.63) is 78.4 Å². The minimum atomic E-state index is -0.243. The molecule has 1 amide bonds. The van der Waals surface area contributed by atoms with Gasteiger partial charge >= 0.3 is 0 Å². The van der Waals surface area contributed by atoms with Crippen molar-refractivity contribution >= 4 is 16.8 Å². The van der Waals surface area contributed by atoms with Crippen LogP contribution < -0.4 is 5.43 Å². The summed E-state index contributed by atoms with van der Waals surface area (Å²) in [6.45, 7) is 2.03. The molecule has 0 unspecified atom stereocenters. The molecule has 0 aliphatic carbocycles. The zero-order valence-corrected chi connectivity index (χ0v) is 13.5. The van der Waals surface area contributed by atoms with Gasteiger partial charge in [0.15, 0.2) is 0 Å². The molecule has 6 nitrogen and oxygen atoms in total. The summed E-state index contributed by atoms with van der Waals surface area (Å²) >= 11 is 0. The van der Waals surface area contributed by atoms with Gasteiger partial charge in [-0.25, -0.2) is 9.66 Å². The Bertz CT molecular complexity index is 1060. The van der Waals surface area contributed by atoms with Crippen molar-refractivity contribution in [1.82, 2.24) is 19.9 Å². The van der Waals surface area contributed by atoms with Crippen LogP contribution in [0.2, 0.25) is 0 Å². The van der Waals surface area contributed by atoms with Gasteiger partial charge in [-0.15, -0.1) is 10.2 Å². The molecule has 2 aromatic carbocycles. The first-order valence-corrected chi connectivity index (χ1v) is 7.83. The van der Waals surface area contributed by atoms with Crippen molar-refractivity contribution in [3.63, 3.8) is 0 Å². The SMILES string of the molecule is Cc1cccc(-c2cc(C(=O)Nn3cnnc3)c3ccccc3n2)c1. The topological polar surface area (TPSA) is 72.7 Å². The number of carbonyl (C=O) groups excluding carboxylic acids is 1. The van der Waals surface area contributed by atoms with E-state index >= 15 is 0 Å². The lowest BCUT2D eigenvalue weighted by Gasteiger charge is -2.11. The fourth-order valence-electron chi connectivity index (χ4n) is 2.75. The third kappa shape index (κ3) is 2.97. The molecule has 1 N–H and O–H groups in total. The first-order valence-electron chi connectivity index (χ1n) is 7.83. The predicted octanol–water partition coefficient (Wildman–Crippen LogP) is 3.19. The van der Waals surface area contributed by atoms with E-state index in [1.807, 2.05) is 55.5 Å². The lowest BCUT2D eigenvalue weighted by Crippen LogP contribution is -2.22. The third-order valence-corrected chi connectivity index (χ3v) is 3.92. The van der Waals surface area contributed by atoms with Crippen molar-refractivity contribution in [2.75, 3.05) is 5.43 Å². The number of para-hydroxylation sites is 1. The van der Waals surface area contributed by atoms with Gasteiger partial charge in [-0.05, 0) is 25.1 Å². The summed E-state index contributed by atoms with van der Waals surface area (Å²) in [4.78, 5) is 17.5. The Labute approximate surface area is 144 Å². The molecular formula is C19H15N5O. The molecule has 0 aliphatic heterocycles. The number of fused-ring (bicyclic) bond motifs is 1. The van der Waals surface area contributed by atoms with Gasteiger partial charge < -0.3 is 0 Å². The first-order chi connectivity index (χ1) is 12.2. The molecule has 0 aliphatic rings. The highest BCUT2D eigenvalue weighted by Crippen LogP contribution is 2.25. The molecule has 2 heterocycles. The molecule has 0 saturated heterocycles. The second-order valence-corrected chi connectivity index (χ2v) is 5.75. The number of hydrogen-bond donors (Lipinski definition) is 1. The monoisotopic (exact) mass is 329 g/mol. The number of aryl methyl sites for hydroxylation is 1. The number of nitrogens with one attached hydrogen (secondary N) is 1. The first kappa shape index (κ1) is 15.0. The average molecular weight is 329 g/mol. The van der Waals surface area contributed by atoms with E-state index in [1.54, 1.807) is 0 Å². The fourth-order valence-corrected chi connectivity index (χ4v) is 2.75. The van der Waals surface area contributed by atoms with Crippen molar-refractivity contribution in [3.8, 4) is 11.3 Å². The molecule has 122 valence electrons. The van der Waals surface area contributed by atoms with Crippen molar-refractivity contribution < 1.29 is 4.79 Å². The number of benzene rings is 2. The molecular weight excluding hydrogens is 314 g/mol. The van der Waals surface area contributed by atoms with Gasteiger partial charge in [-0.3, -0.25) is 10.2 Å². The maximum Gasteiger partial charge on any atom is 0.270 e. The summed E-state index contributed by atoms with van der Waals surface area (Å²) in [7, 11) is 0. The lowest BCUT2D eigenvalue weighted by atomic mass is 10.0. The Morgan fingerprint density at radius 1 is 1.00 bits per heavy atom. The van der Waals surface area contributed by atoms with Crippen LogP contribution in [-0.2, 0) is 0 Å². The van der Waals surface area contributed by atoms with Gasteiger partial charge in [-0.1, -0.05) is 42.0 Å². The molecule has 0 atom stereocenters. The van der Waals surface area contributed by atoms with Crippen LogP contribution in [0.4, 0.5) is 0 Å². The van der Waals surface area contributed by atoms with Crippen LogP contribution in [0, 0.1) is 6.92 Å². The number of amides is 1. The van der Waals surface area contributed by atoms with Crippen LogP contribution >= 0.6 is 0 Å². The number of hydrogen-bond acceptors (Lipinski definition) is 4. The molecule has 6 heteroatoms. The van der Waals surface area contributed by atoms with E-state index < -0.39 is 0 Å². The molecule has 4 aromatic rings. The van der Waals surface area contributed by atoms with Crippen molar-refractivity contribution in [1.29, 1.82) is 0 Å². The molecule has 0 radical (unpaired) electrons. The van der Waals surface area contributed by atoms with Crippen LogP contribution in [0.3, 0.4) is 0 Å². The molecule has 25 heavy (non-hydrogen) atoms. The smallest absolute Gasteiger partial charge is 0.267 e. The Hall–Kier alpha value is -3.54. The zero-order chi connectivity index (χ0) is 17.2. The van der Waals surface area contributed by atoms with Gasteiger partial charge in [0, 0.05) is 10.9 Å². The van der Waals surface area contributed by atoms with Gasteiger partial charge in [0.1, 0.15) is 12.7 Å². The Morgan fingerprint density at radius 2 is 1.80 bits per heavy atom. The van der Waals surface area contributed by atoms with E-state index in [1.165, 1.54) is 17.3 Å². The second kappa shape index (κ2) is 6.16. The summed E-state index contributed by atoms with van der Waals surface area (Å²) in [5.41, 5.74) is 6.95. The number of rotatable bonds is 3. The minimum absolute atomic E-state index is 0.243. The summed E-state index contributed by atoms with van der Waals surface area (Å²) in [5, 5.41) is 8.18. The minimum Gasteiger partial charge on any atom is -0.267 e. The highest BCUT2D eigenvalue weighted by atomic mass is 16.2. The van der Waals surface area contributed by atoms with E-state index in [0.717, 1.165) is 27.7 Å². The summed E-state index contributed by atoms with van der Waals surface area (Å²) < 4.78 is 1.42. The maximum atomic E-state index is 12.8. The molecule has 0 bridgehead atoms. The van der Waals surface area contributed by atoms with E-state index in [4.69, 9.17) is 4.98 Å². The summed E-state index contributed by atoms with van der Waals surface area (Å²) in [5.74, 6) is -0.243. The lowest BCUT2D eigenvalue weighted by molar-refractivity contribution is 0.101. The maximum absolute atomic E-state index is 12.8. The third-order valence-electron chi connectivity index (χ3n) is 3.92. The predicted molar refractivity (Wildman–Crippen MR) is 95.6 cm³/mol. The van der Waals surface area contributed by atoms with Crippen LogP contribution in [-0.4, -0.2) is 25.8 Å². The number of carbonyl (C=O) groups is 1. The Morgan fingerprint density at radius 3 is 2.60 bits per heavy atom. The average Bonchev–Trinajstić information content (AvgIpc) is 3.13. The van der Waals surface area contributed by atoms with Crippen LogP contribution in [0.5, 0.6) is 0 Å². The van der Waals surface area contributed by atoms with Crippen LogP contribution in [0.1, 0.15) is 15.9 Å². The normalized spacial score (nSPS) is 10.8. The van der Waals surface area contributed by atoms with Gasteiger partial charge in [0.25, 0.3) is 5.91 Å². The highest BCUT2D eigenvalue weighted by molar-refractivity contribution is 6.10. The second-order valence-electron chi connectivity index (χ2n) is 5.75. The van der Waals surface area contributed by atoms with Gasteiger partial charge in [0.05, 0.1) is 16.8 Å². The van der Waals surface area contributed by atoms with E-state index in [-0.39, 0.29) is 5.91 Å². The van der Waals surface area contributed by atoms with Gasteiger partial charge in [0.2, 0.25) is 0 Å². The van der Waals surface area contributed by atoms with E-state index in [2.05, 4.69) is 21.7 Å². The van der Waals surface area contributed by atoms with Crippen LogP contribution in [0.25, 0.3) is 22.2 Å². The number of nitrogens with zero attached hydrogens (tertiary/aromatic N) is 4. The van der Waals surface area contributed by atoms with Gasteiger partial charge in [-0.2, -0.15) is 0 Å². The molecule has 4 rings (SSSR count). The molecule has 0 fully saturated rings. The molecule has 0 spiro atoms. The van der Waals surface area contributed by atoms with Crippen LogP contribution in [0.15, 0.2) is 67.3 Å².